The van der Waals surface area contributed by atoms with Crippen LogP contribution >= 0.6 is 0 Å². The molecule has 1 N–H and O–H groups in total. The average molecular weight is 447 g/mol. The highest BCUT2D eigenvalue weighted by molar-refractivity contribution is 6.23. The van der Waals surface area contributed by atoms with Crippen molar-refractivity contribution in [3.8, 4) is 5.75 Å². The van der Waals surface area contributed by atoms with Crippen molar-refractivity contribution in [3.05, 3.63) is 90.2 Å². The SMILES string of the molecule is COc1ccc(NC(=O)N(Cc2ccc(F)cc2)C2CC(=O)N(c3ccccc3)C2=O)cc1. The maximum atomic E-state index is 13.4. The first-order valence-electron chi connectivity index (χ1n) is 10.3. The Morgan fingerprint density at radius 1 is 1.03 bits per heavy atom. The van der Waals surface area contributed by atoms with Gasteiger partial charge < -0.3 is 15.0 Å². The first-order chi connectivity index (χ1) is 16.0. The lowest BCUT2D eigenvalue weighted by atomic mass is 10.1. The van der Waals surface area contributed by atoms with Crippen molar-refractivity contribution in [1.82, 2.24) is 4.90 Å². The molecule has 4 rings (SSSR count). The van der Waals surface area contributed by atoms with E-state index >= 15 is 0 Å². The molecular formula is C25H22FN3O4. The predicted molar refractivity (Wildman–Crippen MR) is 121 cm³/mol. The lowest BCUT2D eigenvalue weighted by Gasteiger charge is -2.28. The lowest BCUT2D eigenvalue weighted by molar-refractivity contribution is -0.122. The summed E-state index contributed by atoms with van der Waals surface area (Å²) in [6.07, 6.45) is -0.148. The van der Waals surface area contributed by atoms with Crippen LogP contribution in [0.1, 0.15) is 12.0 Å². The molecule has 0 aromatic heterocycles. The average Bonchev–Trinajstić information content (AvgIpc) is 3.13. The van der Waals surface area contributed by atoms with Crippen LogP contribution < -0.4 is 15.0 Å². The Morgan fingerprint density at radius 2 is 1.70 bits per heavy atom. The third-order valence-corrected chi connectivity index (χ3v) is 5.38. The molecule has 1 heterocycles. The molecule has 0 bridgehead atoms. The standard InChI is InChI=1S/C25H22FN3O4/c1-33-21-13-11-19(12-14-21)27-25(32)28(16-17-7-9-18(26)10-8-17)22-15-23(30)29(24(22)31)20-5-3-2-4-6-20/h2-14,22H,15-16H2,1H3,(H,27,32). The molecule has 3 aromatic carbocycles. The summed E-state index contributed by atoms with van der Waals surface area (Å²) >= 11 is 0. The fourth-order valence-electron chi connectivity index (χ4n) is 3.69. The number of rotatable bonds is 6. The van der Waals surface area contributed by atoms with Crippen LogP contribution in [0.3, 0.4) is 0 Å². The van der Waals surface area contributed by atoms with Crippen LogP contribution in [-0.4, -0.2) is 35.9 Å². The maximum absolute atomic E-state index is 13.4. The van der Waals surface area contributed by atoms with Crippen molar-refractivity contribution in [2.75, 3.05) is 17.3 Å². The second-order valence-electron chi connectivity index (χ2n) is 7.54. The van der Waals surface area contributed by atoms with Gasteiger partial charge in [-0.1, -0.05) is 30.3 Å². The van der Waals surface area contributed by atoms with Crippen LogP contribution in [0.25, 0.3) is 0 Å². The van der Waals surface area contributed by atoms with E-state index in [0.29, 0.717) is 22.7 Å². The second kappa shape index (κ2) is 9.52. The number of hydrogen-bond donors (Lipinski definition) is 1. The van der Waals surface area contributed by atoms with E-state index in [9.17, 15) is 18.8 Å². The Morgan fingerprint density at radius 3 is 2.33 bits per heavy atom. The van der Waals surface area contributed by atoms with E-state index in [1.807, 2.05) is 0 Å². The van der Waals surface area contributed by atoms with Crippen LogP contribution in [0, 0.1) is 5.82 Å². The highest BCUT2D eigenvalue weighted by Crippen LogP contribution is 2.27. The molecule has 1 aliphatic heterocycles. The number of amides is 4. The number of hydrogen-bond acceptors (Lipinski definition) is 4. The number of ether oxygens (including phenoxy) is 1. The van der Waals surface area contributed by atoms with Gasteiger partial charge in [0.25, 0.3) is 5.91 Å². The van der Waals surface area contributed by atoms with Gasteiger partial charge >= 0.3 is 6.03 Å². The van der Waals surface area contributed by atoms with Crippen LogP contribution in [-0.2, 0) is 16.1 Å². The number of anilines is 2. The number of halogens is 1. The number of nitrogens with one attached hydrogen (secondary N) is 1. The van der Waals surface area contributed by atoms with E-state index in [1.54, 1.807) is 73.8 Å². The van der Waals surface area contributed by atoms with Crippen molar-refractivity contribution in [2.45, 2.75) is 19.0 Å². The van der Waals surface area contributed by atoms with Gasteiger partial charge in [-0.3, -0.25) is 9.59 Å². The summed E-state index contributed by atoms with van der Waals surface area (Å²) in [7, 11) is 1.54. The van der Waals surface area contributed by atoms with Gasteiger partial charge in [-0.15, -0.1) is 0 Å². The van der Waals surface area contributed by atoms with E-state index in [4.69, 9.17) is 4.74 Å². The number of imide groups is 1. The van der Waals surface area contributed by atoms with Crippen LogP contribution in [0.15, 0.2) is 78.9 Å². The van der Waals surface area contributed by atoms with Crippen molar-refractivity contribution in [2.24, 2.45) is 0 Å². The third-order valence-electron chi connectivity index (χ3n) is 5.38. The van der Waals surface area contributed by atoms with E-state index < -0.39 is 29.7 Å². The largest absolute Gasteiger partial charge is 0.497 e. The molecule has 168 valence electrons. The van der Waals surface area contributed by atoms with Gasteiger partial charge in [-0.25, -0.2) is 14.1 Å². The molecular weight excluding hydrogens is 425 g/mol. The number of urea groups is 1. The first kappa shape index (κ1) is 22.0. The summed E-state index contributed by atoms with van der Waals surface area (Å²) < 4.78 is 18.5. The lowest BCUT2D eigenvalue weighted by Crippen LogP contribution is -2.46. The summed E-state index contributed by atoms with van der Waals surface area (Å²) in [6, 6.07) is 19.4. The number of methoxy groups -OCH3 is 1. The molecule has 0 radical (unpaired) electrons. The Labute approximate surface area is 190 Å². The number of para-hydroxylation sites is 1. The minimum Gasteiger partial charge on any atom is -0.497 e. The highest BCUT2D eigenvalue weighted by Gasteiger charge is 2.44. The molecule has 1 aliphatic rings. The summed E-state index contributed by atoms with van der Waals surface area (Å²) in [6.45, 7) is 0.0224. The van der Waals surface area contributed by atoms with Gasteiger partial charge in [0.2, 0.25) is 5.91 Å². The maximum Gasteiger partial charge on any atom is 0.322 e. The van der Waals surface area contributed by atoms with Gasteiger partial charge in [0.1, 0.15) is 17.6 Å². The molecule has 0 spiro atoms. The fraction of sp³-hybridized carbons (Fsp3) is 0.160. The van der Waals surface area contributed by atoms with Crippen LogP contribution in [0.4, 0.5) is 20.6 Å². The van der Waals surface area contributed by atoms with Gasteiger partial charge in [0.15, 0.2) is 0 Å². The molecule has 1 fully saturated rings. The smallest absolute Gasteiger partial charge is 0.322 e. The van der Waals surface area contributed by atoms with Crippen molar-refractivity contribution < 1.29 is 23.5 Å². The van der Waals surface area contributed by atoms with Crippen molar-refractivity contribution in [1.29, 1.82) is 0 Å². The zero-order valence-corrected chi connectivity index (χ0v) is 17.9. The zero-order chi connectivity index (χ0) is 23.4. The Hall–Kier alpha value is -4.20. The topological polar surface area (TPSA) is 79.0 Å². The molecule has 4 amide bonds. The predicted octanol–water partition coefficient (Wildman–Crippen LogP) is 4.20. The third kappa shape index (κ3) is 4.85. The quantitative estimate of drug-likeness (QED) is 0.575. The molecule has 8 heteroatoms. The molecule has 0 saturated carbocycles. The van der Waals surface area contributed by atoms with Gasteiger partial charge in [-0.2, -0.15) is 0 Å². The van der Waals surface area contributed by atoms with E-state index in [2.05, 4.69) is 5.32 Å². The Bertz CT molecular complexity index is 1150. The number of carbonyl (C=O) groups excluding carboxylic acids is 3. The summed E-state index contributed by atoms with van der Waals surface area (Å²) in [5, 5.41) is 2.77. The zero-order valence-electron chi connectivity index (χ0n) is 17.9. The molecule has 0 aliphatic carbocycles. The summed E-state index contributed by atoms with van der Waals surface area (Å²) in [5.41, 5.74) is 1.58. The van der Waals surface area contributed by atoms with Crippen molar-refractivity contribution in [3.63, 3.8) is 0 Å². The molecule has 1 saturated heterocycles. The van der Waals surface area contributed by atoms with Crippen LogP contribution in [0.2, 0.25) is 0 Å². The Kier molecular flexibility index (Phi) is 6.35. The number of carbonyl (C=O) groups is 3. The van der Waals surface area contributed by atoms with E-state index in [0.717, 1.165) is 4.90 Å². The monoisotopic (exact) mass is 447 g/mol. The van der Waals surface area contributed by atoms with E-state index in [1.165, 1.54) is 17.0 Å². The van der Waals surface area contributed by atoms with Gasteiger partial charge in [-0.05, 0) is 54.1 Å². The fourth-order valence-corrected chi connectivity index (χ4v) is 3.69. The highest BCUT2D eigenvalue weighted by atomic mass is 19.1. The van der Waals surface area contributed by atoms with Gasteiger partial charge in [0.05, 0.1) is 19.2 Å². The van der Waals surface area contributed by atoms with Crippen molar-refractivity contribution >= 4 is 29.2 Å². The molecule has 1 atom stereocenters. The summed E-state index contributed by atoms with van der Waals surface area (Å²) in [4.78, 5) is 41.6. The first-order valence-corrected chi connectivity index (χ1v) is 10.3. The number of benzene rings is 3. The second-order valence-corrected chi connectivity index (χ2v) is 7.54. The Balaban J connectivity index is 1.61. The molecule has 3 aromatic rings. The molecule has 1 unspecified atom stereocenters. The normalized spacial score (nSPS) is 15.5. The minimum atomic E-state index is -0.999. The minimum absolute atomic E-state index is 0.0224. The number of nitrogens with zero attached hydrogens (tertiary/aromatic N) is 2. The summed E-state index contributed by atoms with van der Waals surface area (Å²) in [5.74, 6) is -0.655. The van der Waals surface area contributed by atoms with Gasteiger partial charge in [0, 0.05) is 12.2 Å². The van der Waals surface area contributed by atoms with E-state index in [-0.39, 0.29) is 13.0 Å². The molecule has 7 nitrogen and oxygen atoms in total. The molecule has 33 heavy (non-hydrogen) atoms. The van der Waals surface area contributed by atoms with Crippen LogP contribution in [0.5, 0.6) is 5.75 Å².